The van der Waals surface area contributed by atoms with Crippen molar-refractivity contribution in [2.24, 2.45) is 11.3 Å². The molecule has 1 saturated heterocycles. The Bertz CT molecular complexity index is 684. The zero-order valence-electron chi connectivity index (χ0n) is 15.0. The molecule has 1 aromatic carbocycles. The van der Waals surface area contributed by atoms with E-state index in [2.05, 4.69) is 6.92 Å². The molecule has 134 valence electrons. The Labute approximate surface area is 149 Å². The van der Waals surface area contributed by atoms with Crippen LogP contribution in [0.2, 0.25) is 0 Å². The Morgan fingerprint density at radius 3 is 2.56 bits per heavy atom. The molecule has 0 radical (unpaired) electrons. The van der Waals surface area contributed by atoms with E-state index in [0.29, 0.717) is 13.2 Å². The van der Waals surface area contributed by atoms with Crippen molar-refractivity contribution in [3.05, 3.63) is 35.4 Å². The van der Waals surface area contributed by atoms with Gasteiger partial charge in [-0.3, -0.25) is 4.79 Å². The summed E-state index contributed by atoms with van der Waals surface area (Å²) in [4.78, 5) is 13.3. The number of fused-ring (bicyclic) bond motifs is 2. The van der Waals surface area contributed by atoms with Crippen molar-refractivity contribution in [3.8, 4) is 5.75 Å². The number of benzene rings is 1. The van der Waals surface area contributed by atoms with E-state index in [1.807, 2.05) is 30.3 Å². The molecular weight excluding hydrogens is 316 g/mol. The van der Waals surface area contributed by atoms with Crippen LogP contribution in [0.15, 0.2) is 29.8 Å². The molecule has 2 unspecified atom stereocenters. The van der Waals surface area contributed by atoms with Crippen LogP contribution in [0.25, 0.3) is 6.08 Å². The number of allylic oxidation sites excluding steroid dienone is 1. The van der Waals surface area contributed by atoms with Gasteiger partial charge in [-0.05, 0) is 55.0 Å². The van der Waals surface area contributed by atoms with Crippen LogP contribution >= 0.6 is 0 Å². The van der Waals surface area contributed by atoms with Gasteiger partial charge < -0.3 is 14.2 Å². The quantitative estimate of drug-likeness (QED) is 0.762. The highest BCUT2D eigenvalue weighted by molar-refractivity contribution is 6.04. The number of methoxy groups -OCH3 is 1. The molecule has 3 fully saturated rings. The van der Waals surface area contributed by atoms with Gasteiger partial charge in [0.15, 0.2) is 11.6 Å². The van der Waals surface area contributed by atoms with Crippen LogP contribution in [0, 0.1) is 11.3 Å². The lowest BCUT2D eigenvalue weighted by molar-refractivity contribution is -0.243. The molecule has 0 aromatic heterocycles. The van der Waals surface area contributed by atoms with E-state index in [4.69, 9.17) is 14.2 Å². The third-order valence-electron chi connectivity index (χ3n) is 6.27. The van der Waals surface area contributed by atoms with Gasteiger partial charge >= 0.3 is 0 Å². The van der Waals surface area contributed by atoms with E-state index < -0.39 is 5.79 Å². The number of hydrogen-bond donors (Lipinski definition) is 0. The summed E-state index contributed by atoms with van der Waals surface area (Å²) in [5.74, 6) is 0.748. The normalized spacial score (nSPS) is 32.8. The SMILES string of the molecule is COc1ccc(/C=C2\CCC3C4(CCCC3(C)C2=O)OCCO4)cc1. The van der Waals surface area contributed by atoms with Crippen molar-refractivity contribution in [1.29, 1.82) is 0 Å². The number of rotatable bonds is 2. The van der Waals surface area contributed by atoms with Crippen molar-refractivity contribution in [2.75, 3.05) is 20.3 Å². The zero-order chi connectivity index (χ0) is 17.5. The minimum atomic E-state index is -0.520. The standard InChI is InChI=1S/C21H26O4/c1-20-10-3-11-21(24-12-13-25-21)18(20)9-6-16(19(20)22)14-15-4-7-17(23-2)8-5-15/h4-5,7-8,14,18H,3,6,9-13H2,1-2H3/b16-14+. The summed E-state index contributed by atoms with van der Waals surface area (Å²) in [5.41, 5.74) is 1.60. The van der Waals surface area contributed by atoms with E-state index in [-0.39, 0.29) is 17.1 Å². The molecular formula is C21H26O4. The number of ether oxygens (including phenoxy) is 3. The second-order valence-electron chi connectivity index (χ2n) is 7.64. The molecule has 3 aliphatic rings. The summed E-state index contributed by atoms with van der Waals surface area (Å²) in [6, 6.07) is 7.86. The molecule has 0 N–H and O–H groups in total. The second-order valence-corrected chi connectivity index (χ2v) is 7.64. The molecule has 2 saturated carbocycles. The maximum absolute atomic E-state index is 13.3. The van der Waals surface area contributed by atoms with Crippen LogP contribution in [0.1, 0.15) is 44.6 Å². The lowest BCUT2D eigenvalue weighted by Gasteiger charge is -2.52. The monoisotopic (exact) mass is 342 g/mol. The van der Waals surface area contributed by atoms with Crippen molar-refractivity contribution in [1.82, 2.24) is 0 Å². The number of Topliss-reactive ketones (excluding diaryl/α,β-unsaturated/α-hetero) is 1. The maximum atomic E-state index is 13.3. The molecule has 4 rings (SSSR count). The van der Waals surface area contributed by atoms with Crippen molar-refractivity contribution < 1.29 is 19.0 Å². The van der Waals surface area contributed by atoms with Gasteiger partial charge in [-0.1, -0.05) is 19.1 Å². The fourth-order valence-corrected chi connectivity index (χ4v) is 4.98. The Balaban J connectivity index is 1.62. The van der Waals surface area contributed by atoms with Crippen molar-refractivity contribution in [3.63, 3.8) is 0 Å². The van der Waals surface area contributed by atoms with E-state index >= 15 is 0 Å². The summed E-state index contributed by atoms with van der Waals surface area (Å²) >= 11 is 0. The first-order valence-electron chi connectivity index (χ1n) is 9.25. The summed E-state index contributed by atoms with van der Waals surface area (Å²) in [7, 11) is 1.66. The fraction of sp³-hybridized carbons (Fsp3) is 0.571. The van der Waals surface area contributed by atoms with Crippen LogP contribution in [-0.4, -0.2) is 31.9 Å². The Morgan fingerprint density at radius 1 is 1.16 bits per heavy atom. The number of ketones is 1. The average molecular weight is 342 g/mol. The first-order chi connectivity index (χ1) is 12.1. The maximum Gasteiger partial charge on any atom is 0.172 e. The highest BCUT2D eigenvalue weighted by Crippen LogP contribution is 2.56. The van der Waals surface area contributed by atoms with E-state index in [0.717, 1.165) is 49.0 Å². The summed E-state index contributed by atoms with van der Waals surface area (Å²) < 4.78 is 17.3. The summed E-state index contributed by atoms with van der Waals surface area (Å²) in [5, 5.41) is 0. The lowest BCUT2D eigenvalue weighted by atomic mass is 9.56. The van der Waals surface area contributed by atoms with Crippen LogP contribution in [0.5, 0.6) is 5.75 Å². The molecule has 2 atom stereocenters. The molecule has 2 aliphatic carbocycles. The highest BCUT2D eigenvalue weighted by atomic mass is 16.7. The Kier molecular flexibility index (Phi) is 4.20. The first kappa shape index (κ1) is 16.8. The summed E-state index contributed by atoms with van der Waals surface area (Å²) in [6.07, 6.45) is 6.60. The number of carbonyl (C=O) groups is 1. The third kappa shape index (κ3) is 2.72. The molecule has 1 heterocycles. The van der Waals surface area contributed by atoms with E-state index in [1.165, 1.54) is 0 Å². The number of hydrogen-bond acceptors (Lipinski definition) is 4. The fourth-order valence-electron chi connectivity index (χ4n) is 4.98. The van der Waals surface area contributed by atoms with Gasteiger partial charge in [0.05, 0.1) is 20.3 Å². The predicted molar refractivity (Wildman–Crippen MR) is 95.3 cm³/mol. The van der Waals surface area contributed by atoms with Crippen molar-refractivity contribution >= 4 is 11.9 Å². The molecule has 1 spiro atoms. The molecule has 1 aliphatic heterocycles. The molecule has 25 heavy (non-hydrogen) atoms. The van der Waals surface area contributed by atoms with Gasteiger partial charge in [-0.2, -0.15) is 0 Å². The topological polar surface area (TPSA) is 44.8 Å². The molecule has 0 amide bonds. The van der Waals surface area contributed by atoms with Gasteiger partial charge in [-0.25, -0.2) is 0 Å². The average Bonchev–Trinajstić information content (AvgIpc) is 3.08. The van der Waals surface area contributed by atoms with E-state index in [9.17, 15) is 4.79 Å². The molecule has 0 bridgehead atoms. The van der Waals surface area contributed by atoms with Gasteiger partial charge in [-0.15, -0.1) is 0 Å². The van der Waals surface area contributed by atoms with E-state index in [1.54, 1.807) is 7.11 Å². The first-order valence-corrected chi connectivity index (χ1v) is 9.25. The predicted octanol–water partition coefficient (Wildman–Crippen LogP) is 3.99. The molecule has 1 aromatic rings. The Morgan fingerprint density at radius 2 is 1.88 bits per heavy atom. The van der Waals surface area contributed by atoms with Crippen LogP contribution in [0.3, 0.4) is 0 Å². The second kappa shape index (κ2) is 6.26. The number of carbonyl (C=O) groups excluding carboxylic acids is 1. The minimum absolute atomic E-state index is 0.164. The smallest absolute Gasteiger partial charge is 0.172 e. The van der Waals surface area contributed by atoms with Crippen LogP contribution in [-0.2, 0) is 14.3 Å². The summed E-state index contributed by atoms with van der Waals surface area (Å²) in [6.45, 7) is 3.41. The van der Waals surface area contributed by atoms with Crippen LogP contribution in [0.4, 0.5) is 0 Å². The largest absolute Gasteiger partial charge is 0.497 e. The zero-order valence-corrected chi connectivity index (χ0v) is 15.0. The van der Waals surface area contributed by atoms with Gasteiger partial charge in [0.25, 0.3) is 0 Å². The minimum Gasteiger partial charge on any atom is -0.497 e. The van der Waals surface area contributed by atoms with Gasteiger partial charge in [0.1, 0.15) is 5.75 Å². The third-order valence-corrected chi connectivity index (χ3v) is 6.27. The van der Waals surface area contributed by atoms with Crippen molar-refractivity contribution in [2.45, 2.75) is 44.8 Å². The highest BCUT2D eigenvalue weighted by Gasteiger charge is 2.59. The molecule has 4 nitrogen and oxygen atoms in total. The van der Waals surface area contributed by atoms with Gasteiger partial charge in [0, 0.05) is 17.8 Å². The molecule has 4 heteroatoms. The van der Waals surface area contributed by atoms with Crippen LogP contribution < -0.4 is 4.74 Å². The lowest BCUT2D eigenvalue weighted by Crippen LogP contribution is -2.56. The Hall–Kier alpha value is -1.65. The van der Waals surface area contributed by atoms with Gasteiger partial charge in [0.2, 0.25) is 0 Å².